The summed E-state index contributed by atoms with van der Waals surface area (Å²) >= 11 is 0. The SMILES string of the molecule is CCC(C)CN(C)[C@H]1C[C@H](OCCN2CCN(CC(C)C)CC2)C1. The Bertz CT molecular complexity index is 336. The van der Waals surface area contributed by atoms with Crippen molar-refractivity contribution in [2.75, 3.05) is 59.5 Å². The molecule has 0 aromatic heterocycles. The Kier molecular flexibility index (Phi) is 8.48. The van der Waals surface area contributed by atoms with E-state index in [1.807, 2.05) is 0 Å². The van der Waals surface area contributed by atoms with Crippen LogP contribution in [-0.4, -0.2) is 86.3 Å². The van der Waals surface area contributed by atoms with Crippen molar-refractivity contribution in [3.63, 3.8) is 0 Å². The van der Waals surface area contributed by atoms with E-state index in [4.69, 9.17) is 4.74 Å². The normalized spacial score (nSPS) is 27.6. The first-order chi connectivity index (χ1) is 11.5. The molecular weight excluding hydrogens is 298 g/mol. The molecule has 4 heteroatoms. The first kappa shape index (κ1) is 20.2. The molecule has 0 spiro atoms. The van der Waals surface area contributed by atoms with Gasteiger partial charge in [-0.15, -0.1) is 0 Å². The lowest BCUT2D eigenvalue weighted by atomic mass is 9.87. The first-order valence-electron chi connectivity index (χ1n) is 10.2. The van der Waals surface area contributed by atoms with Crippen molar-refractivity contribution in [1.29, 1.82) is 0 Å². The van der Waals surface area contributed by atoms with E-state index < -0.39 is 0 Å². The zero-order chi connectivity index (χ0) is 17.5. The largest absolute Gasteiger partial charge is 0.377 e. The number of hydrogen-bond donors (Lipinski definition) is 0. The number of hydrogen-bond acceptors (Lipinski definition) is 4. The highest BCUT2D eigenvalue weighted by Gasteiger charge is 2.33. The molecule has 1 saturated carbocycles. The van der Waals surface area contributed by atoms with Crippen LogP contribution in [0.2, 0.25) is 0 Å². The molecular formula is C20H41N3O. The average Bonchev–Trinajstić information content (AvgIpc) is 2.50. The summed E-state index contributed by atoms with van der Waals surface area (Å²) in [7, 11) is 2.28. The van der Waals surface area contributed by atoms with Crippen LogP contribution < -0.4 is 0 Å². The van der Waals surface area contributed by atoms with Gasteiger partial charge in [0.25, 0.3) is 0 Å². The summed E-state index contributed by atoms with van der Waals surface area (Å²) in [6.07, 6.45) is 4.25. The molecule has 24 heavy (non-hydrogen) atoms. The highest BCUT2D eigenvalue weighted by atomic mass is 16.5. The van der Waals surface area contributed by atoms with Gasteiger partial charge in [-0.2, -0.15) is 0 Å². The third-order valence-corrected chi connectivity index (χ3v) is 5.84. The van der Waals surface area contributed by atoms with E-state index in [0.29, 0.717) is 6.10 Å². The standard InChI is InChI=1S/C20H41N3O/c1-6-18(4)16-21(5)19-13-20(14-19)24-12-11-22-7-9-23(10-8-22)15-17(2)3/h17-20H,6-16H2,1-5H3/t18?,19-,20-. The van der Waals surface area contributed by atoms with Crippen molar-refractivity contribution in [2.45, 2.75) is 59.1 Å². The van der Waals surface area contributed by atoms with Crippen LogP contribution in [0, 0.1) is 11.8 Å². The molecule has 142 valence electrons. The number of rotatable bonds is 10. The molecule has 0 amide bonds. The number of ether oxygens (including phenoxy) is 1. The second-order valence-corrected chi connectivity index (χ2v) is 8.61. The molecule has 0 bridgehead atoms. The van der Waals surface area contributed by atoms with Gasteiger partial charge in [0.2, 0.25) is 0 Å². The summed E-state index contributed by atoms with van der Waals surface area (Å²) in [5.74, 6) is 1.59. The van der Waals surface area contributed by atoms with E-state index in [0.717, 1.165) is 31.0 Å². The summed E-state index contributed by atoms with van der Waals surface area (Å²) in [6.45, 7) is 18.6. The smallest absolute Gasteiger partial charge is 0.0605 e. The van der Waals surface area contributed by atoms with E-state index in [-0.39, 0.29) is 0 Å². The molecule has 2 fully saturated rings. The van der Waals surface area contributed by atoms with E-state index in [9.17, 15) is 0 Å². The van der Waals surface area contributed by atoms with Crippen molar-refractivity contribution in [1.82, 2.24) is 14.7 Å². The quantitative estimate of drug-likeness (QED) is 0.609. The Balaban J connectivity index is 1.50. The van der Waals surface area contributed by atoms with Gasteiger partial charge in [-0.05, 0) is 31.7 Å². The van der Waals surface area contributed by atoms with Gasteiger partial charge in [-0.1, -0.05) is 34.1 Å². The highest BCUT2D eigenvalue weighted by Crippen LogP contribution is 2.28. The van der Waals surface area contributed by atoms with Crippen LogP contribution in [-0.2, 0) is 4.74 Å². The lowest BCUT2D eigenvalue weighted by Crippen LogP contribution is -2.50. The van der Waals surface area contributed by atoms with E-state index in [1.54, 1.807) is 0 Å². The lowest BCUT2D eigenvalue weighted by molar-refractivity contribution is -0.0546. The van der Waals surface area contributed by atoms with Gasteiger partial charge >= 0.3 is 0 Å². The first-order valence-corrected chi connectivity index (χ1v) is 10.2. The maximum atomic E-state index is 6.10. The van der Waals surface area contributed by atoms with Crippen LogP contribution in [0.15, 0.2) is 0 Å². The Morgan fingerprint density at radius 2 is 1.67 bits per heavy atom. The van der Waals surface area contributed by atoms with Crippen LogP contribution in [0.3, 0.4) is 0 Å². The maximum Gasteiger partial charge on any atom is 0.0605 e. The molecule has 0 N–H and O–H groups in total. The van der Waals surface area contributed by atoms with Gasteiger partial charge in [0.1, 0.15) is 0 Å². The fraction of sp³-hybridized carbons (Fsp3) is 1.00. The molecule has 2 aliphatic rings. The van der Waals surface area contributed by atoms with Crippen LogP contribution in [0.5, 0.6) is 0 Å². The minimum Gasteiger partial charge on any atom is -0.377 e. The molecule has 4 nitrogen and oxygen atoms in total. The minimum absolute atomic E-state index is 0.511. The highest BCUT2D eigenvalue weighted by molar-refractivity contribution is 4.87. The third-order valence-electron chi connectivity index (χ3n) is 5.84. The van der Waals surface area contributed by atoms with Crippen molar-refractivity contribution in [3.05, 3.63) is 0 Å². The molecule has 0 aromatic carbocycles. The van der Waals surface area contributed by atoms with Gasteiger partial charge < -0.3 is 14.5 Å². The molecule has 1 aliphatic carbocycles. The van der Waals surface area contributed by atoms with Crippen molar-refractivity contribution < 1.29 is 4.74 Å². The van der Waals surface area contributed by atoms with Gasteiger partial charge in [0.05, 0.1) is 12.7 Å². The van der Waals surface area contributed by atoms with E-state index in [1.165, 1.54) is 58.5 Å². The van der Waals surface area contributed by atoms with Crippen LogP contribution >= 0.6 is 0 Å². The summed E-state index contributed by atoms with van der Waals surface area (Å²) in [6, 6.07) is 0.753. The summed E-state index contributed by atoms with van der Waals surface area (Å²) < 4.78 is 6.10. The molecule has 1 aliphatic heterocycles. The molecule has 1 unspecified atom stereocenters. The Labute approximate surface area is 150 Å². The third kappa shape index (κ3) is 6.62. The minimum atomic E-state index is 0.511. The molecule has 2 rings (SSSR count). The van der Waals surface area contributed by atoms with Crippen LogP contribution in [0.1, 0.15) is 47.0 Å². The van der Waals surface area contributed by atoms with Crippen molar-refractivity contribution in [3.8, 4) is 0 Å². The molecule has 1 heterocycles. The Hall–Kier alpha value is -0.160. The van der Waals surface area contributed by atoms with Crippen LogP contribution in [0.4, 0.5) is 0 Å². The zero-order valence-electron chi connectivity index (χ0n) is 16.8. The molecule has 1 atom stereocenters. The molecule has 1 saturated heterocycles. The summed E-state index contributed by atoms with van der Waals surface area (Å²) in [4.78, 5) is 7.72. The topological polar surface area (TPSA) is 19.0 Å². The Morgan fingerprint density at radius 3 is 2.25 bits per heavy atom. The van der Waals surface area contributed by atoms with Crippen molar-refractivity contribution >= 4 is 0 Å². The van der Waals surface area contributed by atoms with Crippen LogP contribution in [0.25, 0.3) is 0 Å². The van der Waals surface area contributed by atoms with Gasteiger partial charge in [0.15, 0.2) is 0 Å². The van der Waals surface area contributed by atoms with Gasteiger partial charge in [0, 0.05) is 51.9 Å². The van der Waals surface area contributed by atoms with Gasteiger partial charge in [-0.3, -0.25) is 4.90 Å². The number of nitrogens with zero attached hydrogens (tertiary/aromatic N) is 3. The lowest BCUT2D eigenvalue weighted by Gasteiger charge is -2.42. The predicted octanol–water partition coefficient (Wildman–Crippen LogP) is 2.79. The van der Waals surface area contributed by atoms with E-state index >= 15 is 0 Å². The molecule has 0 radical (unpaired) electrons. The maximum absolute atomic E-state index is 6.10. The monoisotopic (exact) mass is 339 g/mol. The summed E-state index contributed by atoms with van der Waals surface area (Å²) in [5, 5.41) is 0. The second kappa shape index (κ2) is 10.1. The van der Waals surface area contributed by atoms with Gasteiger partial charge in [-0.25, -0.2) is 0 Å². The average molecular weight is 340 g/mol. The van der Waals surface area contributed by atoms with E-state index in [2.05, 4.69) is 49.4 Å². The second-order valence-electron chi connectivity index (χ2n) is 8.61. The van der Waals surface area contributed by atoms with Crippen molar-refractivity contribution in [2.24, 2.45) is 11.8 Å². The fourth-order valence-electron chi connectivity index (χ4n) is 3.86. The Morgan fingerprint density at radius 1 is 1.04 bits per heavy atom. The zero-order valence-corrected chi connectivity index (χ0v) is 16.8. The summed E-state index contributed by atoms with van der Waals surface area (Å²) in [5.41, 5.74) is 0. The molecule has 0 aromatic rings. The number of piperazine rings is 1. The fourth-order valence-corrected chi connectivity index (χ4v) is 3.86. The predicted molar refractivity (Wildman–Crippen MR) is 103 cm³/mol.